The highest BCUT2D eigenvalue weighted by Crippen LogP contribution is 2.22. The number of carbonyl (C=O) groups is 2. The van der Waals surface area contributed by atoms with E-state index in [0.29, 0.717) is 29.7 Å². The minimum absolute atomic E-state index is 0.0773. The normalized spacial score (nSPS) is 13.2. The largest absolute Gasteiger partial charge is 0.398 e. The smallest absolute Gasteiger partial charge is 0.253 e. The molecule has 4 N–H and O–H groups in total. The lowest BCUT2D eigenvalue weighted by Crippen LogP contribution is -2.30. The molecule has 0 bridgehead atoms. The van der Waals surface area contributed by atoms with Crippen molar-refractivity contribution in [2.45, 2.75) is 19.3 Å². The molecule has 2 amide bonds. The van der Waals surface area contributed by atoms with Crippen molar-refractivity contribution in [3.63, 3.8) is 0 Å². The number of nitrogens with two attached hydrogens (primary N) is 1. The van der Waals surface area contributed by atoms with Crippen LogP contribution < -0.4 is 16.0 Å². The summed E-state index contributed by atoms with van der Waals surface area (Å²) in [4.78, 5) is 30.5. The second-order valence-corrected chi connectivity index (χ2v) is 7.82. The first-order chi connectivity index (χ1) is 15.5. The Morgan fingerprint density at radius 1 is 1.09 bits per heavy atom. The Morgan fingerprint density at radius 3 is 2.59 bits per heavy atom. The molecule has 0 radical (unpaired) electrons. The highest BCUT2D eigenvalue weighted by molar-refractivity contribution is 6.06. The average Bonchev–Trinajstić information content (AvgIpc) is 3.24. The number of anilines is 2. The van der Waals surface area contributed by atoms with Crippen molar-refractivity contribution in [3.05, 3.63) is 89.2 Å². The van der Waals surface area contributed by atoms with Crippen molar-refractivity contribution in [3.8, 4) is 0 Å². The number of nitrogen functional groups attached to an aromatic ring is 1. The zero-order chi connectivity index (χ0) is 22.5. The lowest BCUT2D eigenvalue weighted by Gasteiger charge is -2.16. The summed E-state index contributed by atoms with van der Waals surface area (Å²) in [7, 11) is 0. The van der Waals surface area contributed by atoms with Gasteiger partial charge < -0.3 is 21.4 Å². The van der Waals surface area contributed by atoms with E-state index in [0.717, 1.165) is 29.8 Å². The van der Waals surface area contributed by atoms with Crippen LogP contribution in [0.4, 0.5) is 11.4 Å². The van der Waals surface area contributed by atoms with Gasteiger partial charge in [-0.15, -0.1) is 0 Å². The number of hydrogen-bond acceptors (Lipinski definition) is 5. The Hall–Kier alpha value is -4.00. The molecule has 1 aliphatic heterocycles. The van der Waals surface area contributed by atoms with Crippen LogP contribution in [-0.4, -0.2) is 35.6 Å². The maximum absolute atomic E-state index is 12.6. The van der Waals surface area contributed by atoms with E-state index in [-0.39, 0.29) is 24.1 Å². The Bertz CT molecular complexity index is 1160. The average molecular weight is 428 g/mol. The topological polar surface area (TPSA) is 112 Å². The number of nitrogens with zero attached hydrogens (tertiary/aromatic N) is 2. The lowest BCUT2D eigenvalue weighted by molar-refractivity contribution is -0.117. The van der Waals surface area contributed by atoms with Gasteiger partial charge >= 0.3 is 0 Å². The number of para-hydroxylation sites is 1. The molecule has 7 heteroatoms. The number of pyridine rings is 1. The molecule has 7 nitrogen and oxygen atoms in total. The molecule has 32 heavy (non-hydrogen) atoms. The van der Waals surface area contributed by atoms with Crippen LogP contribution in [0.1, 0.15) is 39.9 Å². The van der Waals surface area contributed by atoms with Crippen molar-refractivity contribution in [2.24, 2.45) is 0 Å². The summed E-state index contributed by atoms with van der Waals surface area (Å²) in [6.45, 7) is 0.849. The zero-order valence-corrected chi connectivity index (χ0v) is 17.7. The fourth-order valence-electron chi connectivity index (χ4n) is 3.80. The maximum atomic E-state index is 12.6. The molecular weight excluding hydrogens is 402 g/mol. The first-order valence-corrected chi connectivity index (χ1v) is 10.5. The van der Waals surface area contributed by atoms with Crippen LogP contribution in [-0.2, 0) is 11.2 Å². The number of benzene rings is 2. The maximum Gasteiger partial charge on any atom is 0.253 e. The van der Waals surface area contributed by atoms with E-state index in [4.69, 9.17) is 11.1 Å². The van der Waals surface area contributed by atoms with Gasteiger partial charge in [0.2, 0.25) is 5.91 Å². The van der Waals surface area contributed by atoms with Crippen molar-refractivity contribution in [2.75, 3.05) is 23.7 Å². The summed E-state index contributed by atoms with van der Waals surface area (Å²) in [5.74, 6) is -0.120. The highest BCUT2D eigenvalue weighted by atomic mass is 16.2. The Morgan fingerprint density at radius 2 is 1.88 bits per heavy atom. The van der Waals surface area contributed by atoms with E-state index in [9.17, 15) is 9.59 Å². The standard InChI is InChI=1S/C25H25N5O2/c26-22-5-2-1-4-21(22)23(27)16-29-25(32)19-13-18(14-28-15-19)12-17-7-9-20(10-8-17)30-11-3-6-24(30)31/h1-2,4-5,7-10,13-15,27H,3,6,11-12,16,26H2,(H,29,32). The van der Waals surface area contributed by atoms with Crippen LogP contribution in [0.2, 0.25) is 0 Å². The SMILES string of the molecule is N=C(CNC(=O)c1cncc(Cc2ccc(N3CCCC3=O)cc2)c1)c1ccccc1N. The molecule has 1 aromatic heterocycles. The summed E-state index contributed by atoms with van der Waals surface area (Å²) in [5.41, 5.74) is 10.6. The fraction of sp³-hybridized carbons (Fsp3) is 0.200. The molecular formula is C25H25N5O2. The van der Waals surface area contributed by atoms with Gasteiger partial charge in [-0.05, 0) is 48.2 Å². The summed E-state index contributed by atoms with van der Waals surface area (Å²) < 4.78 is 0. The predicted molar refractivity (Wildman–Crippen MR) is 125 cm³/mol. The van der Waals surface area contributed by atoms with Crippen molar-refractivity contribution >= 4 is 28.9 Å². The summed E-state index contributed by atoms with van der Waals surface area (Å²) in [6.07, 6.45) is 5.39. The lowest BCUT2D eigenvalue weighted by atomic mass is 10.0. The van der Waals surface area contributed by atoms with Crippen LogP contribution in [0.3, 0.4) is 0 Å². The van der Waals surface area contributed by atoms with E-state index in [2.05, 4.69) is 10.3 Å². The number of rotatable bonds is 7. The molecule has 0 unspecified atom stereocenters. The van der Waals surface area contributed by atoms with Crippen molar-refractivity contribution < 1.29 is 9.59 Å². The van der Waals surface area contributed by atoms with E-state index < -0.39 is 0 Å². The van der Waals surface area contributed by atoms with Gasteiger partial charge in [0.25, 0.3) is 5.91 Å². The van der Waals surface area contributed by atoms with Gasteiger partial charge in [0, 0.05) is 42.3 Å². The fourth-order valence-corrected chi connectivity index (χ4v) is 3.80. The van der Waals surface area contributed by atoms with Gasteiger partial charge in [0.05, 0.1) is 17.8 Å². The summed E-state index contributed by atoms with van der Waals surface area (Å²) in [6, 6.07) is 16.8. The number of amides is 2. The van der Waals surface area contributed by atoms with Crippen LogP contribution in [0, 0.1) is 5.41 Å². The molecule has 1 aliphatic rings. The summed E-state index contributed by atoms with van der Waals surface area (Å²) >= 11 is 0. The number of carbonyl (C=O) groups excluding carboxylic acids is 2. The number of nitrogens with one attached hydrogen (secondary N) is 2. The van der Waals surface area contributed by atoms with Gasteiger partial charge in [0.1, 0.15) is 0 Å². The molecule has 3 aromatic rings. The molecule has 2 aromatic carbocycles. The molecule has 0 aliphatic carbocycles. The number of aromatic nitrogens is 1. The molecule has 1 fully saturated rings. The molecule has 2 heterocycles. The van der Waals surface area contributed by atoms with E-state index in [1.165, 1.54) is 6.20 Å². The van der Waals surface area contributed by atoms with Crippen LogP contribution in [0.5, 0.6) is 0 Å². The van der Waals surface area contributed by atoms with E-state index >= 15 is 0 Å². The van der Waals surface area contributed by atoms with Crippen molar-refractivity contribution in [1.82, 2.24) is 10.3 Å². The van der Waals surface area contributed by atoms with E-state index in [1.54, 1.807) is 30.5 Å². The quantitative estimate of drug-likeness (QED) is 0.397. The van der Waals surface area contributed by atoms with Crippen LogP contribution in [0.25, 0.3) is 0 Å². The predicted octanol–water partition coefficient (Wildman–Crippen LogP) is 3.18. The number of hydrogen-bond donors (Lipinski definition) is 3. The Kier molecular flexibility index (Phi) is 6.26. The highest BCUT2D eigenvalue weighted by Gasteiger charge is 2.21. The minimum Gasteiger partial charge on any atom is -0.398 e. The van der Waals surface area contributed by atoms with Crippen LogP contribution >= 0.6 is 0 Å². The molecule has 162 valence electrons. The third-order valence-corrected chi connectivity index (χ3v) is 5.50. The third kappa shape index (κ3) is 4.83. The van der Waals surface area contributed by atoms with Gasteiger partial charge in [-0.2, -0.15) is 0 Å². The minimum atomic E-state index is -0.290. The second-order valence-electron chi connectivity index (χ2n) is 7.82. The first kappa shape index (κ1) is 21.2. The molecule has 0 spiro atoms. The van der Waals surface area contributed by atoms with Crippen LogP contribution in [0.15, 0.2) is 67.0 Å². The molecule has 4 rings (SSSR count). The summed E-state index contributed by atoms with van der Waals surface area (Å²) in [5, 5.41) is 10.9. The monoisotopic (exact) mass is 427 g/mol. The van der Waals surface area contributed by atoms with Gasteiger partial charge in [-0.25, -0.2) is 0 Å². The Balaban J connectivity index is 1.37. The molecule has 0 saturated carbocycles. The zero-order valence-electron chi connectivity index (χ0n) is 17.7. The van der Waals surface area contributed by atoms with Gasteiger partial charge in [-0.1, -0.05) is 30.3 Å². The van der Waals surface area contributed by atoms with Gasteiger partial charge in [-0.3, -0.25) is 14.6 Å². The second kappa shape index (κ2) is 9.43. The Labute approximate surface area is 186 Å². The van der Waals surface area contributed by atoms with Crippen molar-refractivity contribution in [1.29, 1.82) is 5.41 Å². The van der Waals surface area contributed by atoms with Gasteiger partial charge in [0.15, 0.2) is 0 Å². The third-order valence-electron chi connectivity index (χ3n) is 5.50. The first-order valence-electron chi connectivity index (χ1n) is 10.5. The molecule has 1 saturated heterocycles. The van der Waals surface area contributed by atoms with E-state index in [1.807, 2.05) is 35.2 Å². The molecule has 0 atom stereocenters.